The molecule has 0 aromatic carbocycles. The first-order chi connectivity index (χ1) is 11.8. The van der Waals surface area contributed by atoms with Crippen molar-refractivity contribution in [2.75, 3.05) is 25.2 Å². The van der Waals surface area contributed by atoms with Crippen molar-refractivity contribution in [1.29, 1.82) is 0 Å². The van der Waals surface area contributed by atoms with E-state index in [9.17, 15) is 0 Å². The highest BCUT2D eigenvalue weighted by Gasteiger charge is 2.30. The number of thiophene rings is 1. The van der Waals surface area contributed by atoms with Crippen LogP contribution in [0.25, 0.3) is 21.6 Å². The summed E-state index contributed by atoms with van der Waals surface area (Å²) in [6, 6.07) is 3.91. The average Bonchev–Trinajstić information content (AvgIpc) is 3.41. The largest absolute Gasteiger partial charge is 0.397 e. The summed E-state index contributed by atoms with van der Waals surface area (Å²) >= 11 is 3.38. The molecule has 24 heavy (non-hydrogen) atoms. The first-order valence-corrected chi connectivity index (χ1v) is 9.70. The minimum absolute atomic E-state index is 0.514. The van der Waals surface area contributed by atoms with E-state index in [1.807, 2.05) is 18.3 Å². The summed E-state index contributed by atoms with van der Waals surface area (Å²) < 4.78 is 6.25. The monoisotopic (exact) mass is 358 g/mol. The number of ether oxygens (including phenoxy) is 1. The number of pyridine rings is 1. The average molecular weight is 358 g/mol. The van der Waals surface area contributed by atoms with E-state index in [-0.39, 0.29) is 0 Å². The Balaban J connectivity index is 1.81. The summed E-state index contributed by atoms with van der Waals surface area (Å²) in [6.45, 7) is 0.709. The van der Waals surface area contributed by atoms with Gasteiger partial charge in [0.25, 0.3) is 0 Å². The second-order valence-electron chi connectivity index (χ2n) is 5.77. The van der Waals surface area contributed by atoms with Gasteiger partial charge in [-0.3, -0.25) is 4.98 Å². The van der Waals surface area contributed by atoms with Crippen LogP contribution in [0.2, 0.25) is 0 Å². The molecule has 0 radical (unpaired) electrons. The smallest absolute Gasteiger partial charge is 0.162 e. The molecule has 3 heterocycles. The van der Waals surface area contributed by atoms with Crippen LogP contribution in [0.1, 0.15) is 24.5 Å². The molecule has 3 aromatic heterocycles. The number of anilines is 1. The Morgan fingerprint density at radius 3 is 2.96 bits per heavy atom. The van der Waals surface area contributed by atoms with Crippen LogP contribution in [0.15, 0.2) is 28.7 Å². The van der Waals surface area contributed by atoms with Gasteiger partial charge in [0.2, 0.25) is 0 Å². The van der Waals surface area contributed by atoms with Crippen molar-refractivity contribution < 1.29 is 4.74 Å². The molecule has 0 saturated heterocycles. The number of nitrogens with two attached hydrogens (primary N) is 1. The maximum atomic E-state index is 6.43. The molecule has 0 unspecified atom stereocenters. The van der Waals surface area contributed by atoms with Gasteiger partial charge in [-0.25, -0.2) is 9.97 Å². The number of rotatable bonds is 6. The number of hydrogen-bond acceptors (Lipinski definition) is 7. The second kappa shape index (κ2) is 6.66. The molecule has 0 spiro atoms. The molecule has 7 heteroatoms. The standard InChI is InChI=1S/C17H18N4OS2/c1-22-7-8-23-17-13(18)12-14(10-4-5-10)20-15(21-16(12)24-17)11-3-2-6-19-9-11/h2-3,6,9-10H,4-5,7-8,18H2,1H3. The lowest BCUT2D eigenvalue weighted by molar-refractivity contribution is 0.218. The minimum Gasteiger partial charge on any atom is -0.397 e. The molecule has 1 fully saturated rings. The molecule has 0 aliphatic heterocycles. The minimum atomic E-state index is 0.514. The topological polar surface area (TPSA) is 73.9 Å². The van der Waals surface area contributed by atoms with Crippen molar-refractivity contribution in [2.45, 2.75) is 23.0 Å². The Morgan fingerprint density at radius 1 is 1.38 bits per heavy atom. The van der Waals surface area contributed by atoms with Crippen molar-refractivity contribution >= 4 is 39.0 Å². The third kappa shape index (κ3) is 2.99. The van der Waals surface area contributed by atoms with E-state index in [1.54, 1.807) is 36.4 Å². The number of methoxy groups -OCH3 is 1. The maximum Gasteiger partial charge on any atom is 0.162 e. The first kappa shape index (κ1) is 15.8. The number of nitrogens with zero attached hydrogens (tertiary/aromatic N) is 3. The molecule has 2 N–H and O–H groups in total. The summed E-state index contributed by atoms with van der Waals surface area (Å²) in [4.78, 5) is 14.8. The molecule has 1 saturated carbocycles. The van der Waals surface area contributed by atoms with Gasteiger partial charge in [0.1, 0.15) is 4.83 Å². The molecule has 0 atom stereocenters. The van der Waals surface area contributed by atoms with Crippen LogP contribution in [0, 0.1) is 0 Å². The van der Waals surface area contributed by atoms with Gasteiger partial charge in [-0.05, 0) is 25.0 Å². The lowest BCUT2D eigenvalue weighted by Crippen LogP contribution is -1.97. The summed E-state index contributed by atoms with van der Waals surface area (Å²) in [5.41, 5.74) is 9.31. The maximum absolute atomic E-state index is 6.43. The number of fused-ring (bicyclic) bond motifs is 1. The van der Waals surface area contributed by atoms with Crippen molar-refractivity contribution in [1.82, 2.24) is 15.0 Å². The van der Waals surface area contributed by atoms with Crippen molar-refractivity contribution in [2.24, 2.45) is 0 Å². The fraction of sp³-hybridized carbons (Fsp3) is 0.353. The van der Waals surface area contributed by atoms with E-state index in [0.29, 0.717) is 12.5 Å². The molecule has 0 amide bonds. The first-order valence-electron chi connectivity index (χ1n) is 7.90. The van der Waals surface area contributed by atoms with Gasteiger partial charge in [-0.15, -0.1) is 23.1 Å². The van der Waals surface area contributed by atoms with E-state index in [4.69, 9.17) is 20.4 Å². The molecule has 5 nitrogen and oxygen atoms in total. The van der Waals surface area contributed by atoms with Crippen LogP contribution < -0.4 is 5.73 Å². The number of aromatic nitrogens is 3. The highest BCUT2D eigenvalue weighted by molar-refractivity contribution is 8.01. The third-order valence-electron chi connectivity index (χ3n) is 3.99. The highest BCUT2D eigenvalue weighted by atomic mass is 32.2. The Kier molecular flexibility index (Phi) is 4.39. The summed E-state index contributed by atoms with van der Waals surface area (Å²) in [5.74, 6) is 2.14. The van der Waals surface area contributed by atoms with Crippen LogP contribution >= 0.6 is 23.1 Å². The molecule has 0 bridgehead atoms. The fourth-order valence-corrected chi connectivity index (χ4v) is 4.88. The van der Waals surface area contributed by atoms with Gasteiger partial charge in [0, 0.05) is 36.7 Å². The second-order valence-corrected chi connectivity index (χ2v) is 8.14. The molecule has 124 valence electrons. The summed E-state index contributed by atoms with van der Waals surface area (Å²) in [6.07, 6.45) is 5.93. The summed E-state index contributed by atoms with van der Waals surface area (Å²) in [5, 5.41) is 1.05. The highest BCUT2D eigenvalue weighted by Crippen LogP contribution is 2.48. The van der Waals surface area contributed by atoms with Gasteiger partial charge >= 0.3 is 0 Å². The third-order valence-corrected chi connectivity index (χ3v) is 6.34. The Bertz CT molecular complexity index is 862. The predicted octanol–water partition coefficient (Wildman–Crippen LogP) is 3.95. The van der Waals surface area contributed by atoms with E-state index in [1.165, 1.54) is 12.8 Å². The lowest BCUT2D eigenvalue weighted by Gasteiger charge is -2.06. The van der Waals surface area contributed by atoms with Crippen LogP contribution in [0.5, 0.6) is 0 Å². The van der Waals surface area contributed by atoms with E-state index in [0.717, 1.165) is 42.9 Å². The molecular formula is C17H18N4OS2. The van der Waals surface area contributed by atoms with Gasteiger partial charge in [0.05, 0.1) is 27.6 Å². The quantitative estimate of drug-likeness (QED) is 0.531. The normalized spacial score (nSPS) is 14.4. The molecule has 4 rings (SSSR count). The summed E-state index contributed by atoms with van der Waals surface area (Å²) in [7, 11) is 1.71. The van der Waals surface area contributed by atoms with Gasteiger partial charge < -0.3 is 10.5 Å². The fourth-order valence-electron chi connectivity index (χ4n) is 2.63. The Morgan fingerprint density at radius 2 is 2.25 bits per heavy atom. The van der Waals surface area contributed by atoms with Crippen LogP contribution in [0.3, 0.4) is 0 Å². The van der Waals surface area contributed by atoms with Crippen molar-refractivity contribution in [3.63, 3.8) is 0 Å². The number of hydrogen-bond donors (Lipinski definition) is 1. The SMILES string of the molecule is COCCSc1sc2nc(-c3cccnc3)nc(C3CC3)c2c1N. The van der Waals surface area contributed by atoms with Crippen molar-refractivity contribution in [3.05, 3.63) is 30.2 Å². The van der Waals surface area contributed by atoms with Crippen LogP contribution in [-0.2, 0) is 4.74 Å². The zero-order valence-corrected chi connectivity index (χ0v) is 15.0. The van der Waals surface area contributed by atoms with Crippen LogP contribution in [0.4, 0.5) is 5.69 Å². The van der Waals surface area contributed by atoms with E-state index >= 15 is 0 Å². The molecule has 3 aromatic rings. The lowest BCUT2D eigenvalue weighted by atomic mass is 10.1. The van der Waals surface area contributed by atoms with Gasteiger partial charge in [-0.1, -0.05) is 0 Å². The Labute approximate surface area is 148 Å². The van der Waals surface area contributed by atoms with E-state index < -0.39 is 0 Å². The van der Waals surface area contributed by atoms with Gasteiger partial charge in [-0.2, -0.15) is 0 Å². The van der Waals surface area contributed by atoms with Gasteiger partial charge in [0.15, 0.2) is 5.82 Å². The van der Waals surface area contributed by atoms with Crippen molar-refractivity contribution in [3.8, 4) is 11.4 Å². The molecule has 1 aliphatic carbocycles. The zero-order chi connectivity index (χ0) is 16.5. The number of nitrogen functional groups attached to an aromatic ring is 1. The predicted molar refractivity (Wildman–Crippen MR) is 99.6 cm³/mol. The molecule has 1 aliphatic rings. The van der Waals surface area contributed by atoms with E-state index in [2.05, 4.69) is 4.98 Å². The zero-order valence-electron chi connectivity index (χ0n) is 13.4. The number of thioether (sulfide) groups is 1. The van der Waals surface area contributed by atoms with Crippen LogP contribution in [-0.4, -0.2) is 34.4 Å². The Hall–Kier alpha value is -1.70. The molecular weight excluding hydrogens is 340 g/mol.